The summed E-state index contributed by atoms with van der Waals surface area (Å²) in [6.45, 7) is 10.5. The molecule has 3 heteroatoms. The summed E-state index contributed by atoms with van der Waals surface area (Å²) >= 11 is 0. The molecule has 0 aliphatic carbocycles. The largest absolute Gasteiger partial charge is 0.383 e. The zero-order chi connectivity index (χ0) is 11.9. The minimum Gasteiger partial charge on any atom is -0.383 e. The normalized spacial score (nSPS) is 16.4. The fourth-order valence-electron chi connectivity index (χ4n) is 1.38. The van der Waals surface area contributed by atoms with Gasteiger partial charge in [-0.3, -0.25) is 0 Å². The van der Waals surface area contributed by atoms with Gasteiger partial charge < -0.3 is 15.8 Å². The molecular formula is C12H28N2O. The summed E-state index contributed by atoms with van der Waals surface area (Å²) in [5.41, 5.74) is 5.81. The van der Waals surface area contributed by atoms with E-state index in [1.54, 1.807) is 7.11 Å². The van der Waals surface area contributed by atoms with Gasteiger partial charge in [0.25, 0.3) is 0 Å². The summed E-state index contributed by atoms with van der Waals surface area (Å²) in [4.78, 5) is 0. The first-order valence-corrected chi connectivity index (χ1v) is 5.87. The van der Waals surface area contributed by atoms with Crippen LogP contribution in [0.1, 0.15) is 40.5 Å². The highest BCUT2D eigenvalue weighted by molar-refractivity contribution is 4.80. The van der Waals surface area contributed by atoms with Crippen LogP contribution >= 0.6 is 0 Å². The van der Waals surface area contributed by atoms with Gasteiger partial charge in [0.05, 0.1) is 6.61 Å². The van der Waals surface area contributed by atoms with Gasteiger partial charge in [0.1, 0.15) is 0 Å². The molecule has 0 aliphatic rings. The predicted molar refractivity (Wildman–Crippen MR) is 66.0 cm³/mol. The number of ether oxygens (including phenoxy) is 1. The second-order valence-corrected chi connectivity index (χ2v) is 5.34. The molecule has 0 rings (SSSR count). The predicted octanol–water partition coefficient (Wildman–Crippen LogP) is 1.76. The van der Waals surface area contributed by atoms with Crippen molar-refractivity contribution in [3.05, 3.63) is 0 Å². The van der Waals surface area contributed by atoms with E-state index in [1.807, 2.05) is 0 Å². The average molecular weight is 216 g/mol. The Hall–Kier alpha value is -0.120. The van der Waals surface area contributed by atoms with Crippen LogP contribution in [0, 0.1) is 5.41 Å². The lowest BCUT2D eigenvalue weighted by Crippen LogP contribution is -2.45. The third-order valence-electron chi connectivity index (χ3n) is 2.91. The van der Waals surface area contributed by atoms with Crippen molar-refractivity contribution in [2.45, 2.75) is 52.6 Å². The summed E-state index contributed by atoms with van der Waals surface area (Å²) in [6.07, 6.45) is 2.14. The second-order valence-electron chi connectivity index (χ2n) is 5.34. The van der Waals surface area contributed by atoms with Crippen molar-refractivity contribution >= 4 is 0 Å². The highest BCUT2D eigenvalue weighted by Crippen LogP contribution is 2.19. The number of nitrogens with one attached hydrogen (secondary N) is 1. The van der Waals surface area contributed by atoms with Gasteiger partial charge in [0.2, 0.25) is 0 Å². The molecule has 0 fully saturated rings. The van der Waals surface area contributed by atoms with Crippen LogP contribution in [0.25, 0.3) is 0 Å². The maximum absolute atomic E-state index is 5.52. The zero-order valence-corrected chi connectivity index (χ0v) is 11.0. The minimum absolute atomic E-state index is 0.286. The van der Waals surface area contributed by atoms with E-state index in [4.69, 9.17) is 10.5 Å². The van der Waals surface area contributed by atoms with Crippen LogP contribution in [0.15, 0.2) is 0 Å². The molecule has 3 nitrogen and oxygen atoms in total. The molecule has 0 saturated heterocycles. The molecule has 0 amide bonds. The molecule has 0 aromatic carbocycles. The van der Waals surface area contributed by atoms with E-state index in [0.717, 1.165) is 26.0 Å². The maximum atomic E-state index is 5.52. The molecular weight excluding hydrogens is 188 g/mol. The summed E-state index contributed by atoms with van der Waals surface area (Å²) in [7, 11) is 1.75. The molecule has 3 N–H and O–H groups in total. The number of rotatable bonds is 7. The molecule has 2 unspecified atom stereocenters. The number of nitrogens with two attached hydrogens (primary N) is 1. The second kappa shape index (κ2) is 7.20. The van der Waals surface area contributed by atoms with E-state index < -0.39 is 0 Å². The van der Waals surface area contributed by atoms with Crippen LogP contribution < -0.4 is 11.1 Å². The van der Waals surface area contributed by atoms with Crippen LogP contribution in [0.5, 0.6) is 0 Å². The van der Waals surface area contributed by atoms with Crippen molar-refractivity contribution < 1.29 is 4.74 Å². The Bertz CT molecular complexity index is 154. The first-order chi connectivity index (χ1) is 6.91. The van der Waals surface area contributed by atoms with Gasteiger partial charge in [-0.15, -0.1) is 0 Å². The van der Waals surface area contributed by atoms with Gasteiger partial charge in [-0.1, -0.05) is 20.8 Å². The van der Waals surface area contributed by atoms with Crippen molar-refractivity contribution in [2.75, 3.05) is 20.3 Å². The molecule has 2 atom stereocenters. The topological polar surface area (TPSA) is 47.3 Å². The summed E-state index contributed by atoms with van der Waals surface area (Å²) in [6, 6.07) is 0.906. The van der Waals surface area contributed by atoms with E-state index in [9.17, 15) is 0 Å². The van der Waals surface area contributed by atoms with Crippen molar-refractivity contribution in [1.29, 1.82) is 0 Å². The van der Waals surface area contributed by atoms with E-state index in [1.165, 1.54) is 0 Å². The van der Waals surface area contributed by atoms with E-state index in [0.29, 0.717) is 12.1 Å². The fourth-order valence-corrected chi connectivity index (χ4v) is 1.38. The lowest BCUT2D eigenvalue weighted by Gasteiger charge is -2.32. The standard InChI is InChI=1S/C12H28N2O/c1-10(12(2,3)4)14-11(9-15-5)7-6-8-13/h10-11,14H,6-9,13H2,1-5H3. The molecule has 92 valence electrons. The molecule has 15 heavy (non-hydrogen) atoms. The van der Waals surface area contributed by atoms with Crippen molar-refractivity contribution in [3.63, 3.8) is 0 Å². The van der Waals surface area contributed by atoms with Crippen LogP contribution in [0.2, 0.25) is 0 Å². The zero-order valence-electron chi connectivity index (χ0n) is 11.0. The lowest BCUT2D eigenvalue weighted by atomic mass is 9.87. The molecule has 0 spiro atoms. The number of hydrogen-bond acceptors (Lipinski definition) is 3. The molecule has 0 aromatic heterocycles. The summed E-state index contributed by atoms with van der Waals surface area (Å²) in [5, 5.41) is 3.61. The smallest absolute Gasteiger partial charge is 0.0615 e. The van der Waals surface area contributed by atoms with Crippen molar-refractivity contribution in [2.24, 2.45) is 11.1 Å². The first-order valence-electron chi connectivity index (χ1n) is 5.87. The van der Waals surface area contributed by atoms with Gasteiger partial charge in [-0.2, -0.15) is 0 Å². The Morgan fingerprint density at radius 2 is 1.93 bits per heavy atom. The van der Waals surface area contributed by atoms with Crippen LogP contribution in [-0.2, 0) is 4.74 Å². The van der Waals surface area contributed by atoms with Crippen molar-refractivity contribution in [3.8, 4) is 0 Å². The van der Waals surface area contributed by atoms with Crippen LogP contribution in [0.4, 0.5) is 0 Å². The Morgan fingerprint density at radius 3 is 2.33 bits per heavy atom. The van der Waals surface area contributed by atoms with E-state index in [2.05, 4.69) is 33.0 Å². The molecule has 0 aromatic rings. The average Bonchev–Trinajstić information content (AvgIpc) is 2.13. The maximum Gasteiger partial charge on any atom is 0.0615 e. The first kappa shape index (κ1) is 14.9. The van der Waals surface area contributed by atoms with Gasteiger partial charge in [0.15, 0.2) is 0 Å². The Labute approximate surface area is 94.8 Å². The molecule has 0 saturated carbocycles. The fraction of sp³-hybridized carbons (Fsp3) is 1.00. The van der Waals surface area contributed by atoms with E-state index >= 15 is 0 Å². The van der Waals surface area contributed by atoms with Gasteiger partial charge in [-0.05, 0) is 31.7 Å². The highest BCUT2D eigenvalue weighted by Gasteiger charge is 2.22. The van der Waals surface area contributed by atoms with Crippen molar-refractivity contribution in [1.82, 2.24) is 5.32 Å². The van der Waals surface area contributed by atoms with Crippen LogP contribution in [0.3, 0.4) is 0 Å². The van der Waals surface area contributed by atoms with E-state index in [-0.39, 0.29) is 5.41 Å². The molecule has 0 radical (unpaired) electrons. The van der Waals surface area contributed by atoms with Crippen LogP contribution in [-0.4, -0.2) is 32.3 Å². The summed E-state index contributed by atoms with van der Waals surface area (Å²) in [5.74, 6) is 0. The third kappa shape index (κ3) is 6.88. The van der Waals surface area contributed by atoms with Gasteiger partial charge in [-0.25, -0.2) is 0 Å². The third-order valence-corrected chi connectivity index (χ3v) is 2.91. The molecule has 0 heterocycles. The summed E-state index contributed by atoms with van der Waals surface area (Å²) < 4.78 is 5.21. The van der Waals surface area contributed by atoms with Gasteiger partial charge >= 0.3 is 0 Å². The Kier molecular flexibility index (Phi) is 7.14. The minimum atomic E-state index is 0.286. The van der Waals surface area contributed by atoms with Gasteiger partial charge in [0, 0.05) is 19.2 Å². The molecule has 0 bridgehead atoms. The number of hydrogen-bond donors (Lipinski definition) is 2. The number of methoxy groups -OCH3 is 1. The quantitative estimate of drug-likeness (QED) is 0.682. The SMILES string of the molecule is COCC(CCCN)NC(C)C(C)(C)C. The Morgan fingerprint density at radius 1 is 1.33 bits per heavy atom. The Balaban J connectivity index is 4.03. The highest BCUT2D eigenvalue weighted by atomic mass is 16.5. The lowest BCUT2D eigenvalue weighted by molar-refractivity contribution is 0.142. The molecule has 0 aliphatic heterocycles. The monoisotopic (exact) mass is 216 g/mol.